The number of ether oxygens (including phenoxy) is 2. The van der Waals surface area contributed by atoms with Gasteiger partial charge in [-0.3, -0.25) is 0 Å². The highest BCUT2D eigenvalue weighted by Gasteiger charge is 2.15. The van der Waals surface area contributed by atoms with E-state index in [9.17, 15) is 0 Å². The molecule has 0 aliphatic heterocycles. The zero-order chi connectivity index (χ0) is 11.0. The Bertz CT molecular complexity index is 137. The van der Waals surface area contributed by atoms with Gasteiger partial charge in [0.25, 0.3) is 0 Å². The lowest BCUT2D eigenvalue weighted by atomic mass is 10.1. The van der Waals surface area contributed by atoms with Crippen molar-refractivity contribution in [1.82, 2.24) is 5.32 Å². The van der Waals surface area contributed by atoms with Crippen LogP contribution in [0.3, 0.4) is 0 Å². The molecule has 0 aromatic rings. The fourth-order valence-electron chi connectivity index (χ4n) is 1.09. The van der Waals surface area contributed by atoms with Gasteiger partial charge >= 0.3 is 0 Å². The first-order valence-corrected chi connectivity index (χ1v) is 5.38. The first-order chi connectivity index (χ1) is 6.52. The van der Waals surface area contributed by atoms with Gasteiger partial charge in [0.05, 0.1) is 12.2 Å². The number of hydrogen-bond acceptors (Lipinski definition) is 3. The van der Waals surface area contributed by atoms with Gasteiger partial charge in [-0.15, -0.1) is 0 Å². The summed E-state index contributed by atoms with van der Waals surface area (Å²) < 4.78 is 10.8. The number of hydrogen-bond donors (Lipinski definition) is 1. The minimum Gasteiger partial charge on any atom is -0.380 e. The molecule has 3 heteroatoms. The normalized spacial score (nSPS) is 14.4. The van der Waals surface area contributed by atoms with E-state index in [-0.39, 0.29) is 5.60 Å². The molecule has 0 bridgehead atoms. The molecule has 0 fully saturated rings. The van der Waals surface area contributed by atoms with E-state index in [1.165, 1.54) is 0 Å². The van der Waals surface area contributed by atoms with E-state index in [0.29, 0.717) is 6.04 Å². The van der Waals surface area contributed by atoms with Gasteiger partial charge in [-0.2, -0.15) is 0 Å². The van der Waals surface area contributed by atoms with Gasteiger partial charge < -0.3 is 14.8 Å². The average Bonchev–Trinajstić information content (AvgIpc) is 2.13. The van der Waals surface area contributed by atoms with Crippen LogP contribution in [0.1, 0.15) is 34.1 Å². The van der Waals surface area contributed by atoms with E-state index >= 15 is 0 Å². The van der Waals surface area contributed by atoms with Crippen molar-refractivity contribution < 1.29 is 9.47 Å². The zero-order valence-electron chi connectivity index (χ0n) is 10.2. The quantitative estimate of drug-likeness (QED) is 0.610. The molecule has 14 heavy (non-hydrogen) atoms. The van der Waals surface area contributed by atoms with Crippen LogP contribution in [0.2, 0.25) is 0 Å². The van der Waals surface area contributed by atoms with E-state index in [1.807, 2.05) is 0 Å². The van der Waals surface area contributed by atoms with Crippen molar-refractivity contribution in [3.8, 4) is 0 Å². The lowest BCUT2D eigenvalue weighted by Crippen LogP contribution is -2.31. The summed E-state index contributed by atoms with van der Waals surface area (Å²) in [4.78, 5) is 0. The van der Waals surface area contributed by atoms with E-state index in [4.69, 9.17) is 9.47 Å². The van der Waals surface area contributed by atoms with Crippen LogP contribution in [0.25, 0.3) is 0 Å². The SMILES string of the molecule is CCNC(C)COCCC(C)(C)OC. The zero-order valence-corrected chi connectivity index (χ0v) is 10.2. The molecule has 86 valence electrons. The summed E-state index contributed by atoms with van der Waals surface area (Å²) in [6, 6.07) is 0.436. The predicted octanol–water partition coefficient (Wildman–Crippen LogP) is 1.82. The highest BCUT2D eigenvalue weighted by molar-refractivity contribution is 4.67. The summed E-state index contributed by atoms with van der Waals surface area (Å²) in [5.74, 6) is 0. The second-order valence-electron chi connectivity index (χ2n) is 4.25. The average molecular weight is 203 g/mol. The van der Waals surface area contributed by atoms with Gasteiger partial charge in [0.15, 0.2) is 0 Å². The molecule has 0 aromatic heterocycles. The maximum atomic E-state index is 5.54. The summed E-state index contributed by atoms with van der Waals surface area (Å²) >= 11 is 0. The monoisotopic (exact) mass is 203 g/mol. The second kappa shape index (κ2) is 7.21. The Morgan fingerprint density at radius 2 is 2.00 bits per heavy atom. The lowest BCUT2D eigenvalue weighted by Gasteiger charge is -2.23. The van der Waals surface area contributed by atoms with Crippen LogP contribution in [0.4, 0.5) is 0 Å². The minimum atomic E-state index is -0.0680. The molecule has 0 radical (unpaired) electrons. The van der Waals surface area contributed by atoms with Gasteiger partial charge in [0.1, 0.15) is 0 Å². The van der Waals surface area contributed by atoms with Crippen LogP contribution >= 0.6 is 0 Å². The molecule has 0 spiro atoms. The molecule has 0 rings (SSSR count). The van der Waals surface area contributed by atoms with Crippen LogP contribution in [-0.2, 0) is 9.47 Å². The number of methoxy groups -OCH3 is 1. The van der Waals surface area contributed by atoms with Gasteiger partial charge in [0, 0.05) is 19.8 Å². The van der Waals surface area contributed by atoms with E-state index in [2.05, 4.69) is 33.0 Å². The Labute approximate surface area is 88.2 Å². The second-order valence-corrected chi connectivity index (χ2v) is 4.25. The first kappa shape index (κ1) is 13.9. The molecular formula is C11H25NO2. The number of rotatable bonds is 8. The topological polar surface area (TPSA) is 30.5 Å². The molecule has 0 aliphatic carbocycles. The van der Waals surface area contributed by atoms with Crippen molar-refractivity contribution in [3.63, 3.8) is 0 Å². The third kappa shape index (κ3) is 7.30. The third-order valence-corrected chi connectivity index (χ3v) is 2.32. The predicted molar refractivity (Wildman–Crippen MR) is 59.7 cm³/mol. The summed E-state index contributed by atoms with van der Waals surface area (Å²) in [6.45, 7) is 10.9. The molecule has 0 aliphatic rings. The number of likely N-dealkylation sites (N-methyl/N-ethyl adjacent to an activating group) is 1. The molecule has 0 heterocycles. The van der Waals surface area contributed by atoms with Crippen molar-refractivity contribution >= 4 is 0 Å². The van der Waals surface area contributed by atoms with Crippen molar-refractivity contribution in [2.75, 3.05) is 26.9 Å². The summed E-state index contributed by atoms with van der Waals surface area (Å²) in [7, 11) is 1.74. The van der Waals surface area contributed by atoms with E-state index in [0.717, 1.165) is 26.2 Å². The summed E-state index contributed by atoms with van der Waals surface area (Å²) in [5.41, 5.74) is -0.0680. The highest BCUT2D eigenvalue weighted by atomic mass is 16.5. The van der Waals surface area contributed by atoms with Crippen molar-refractivity contribution in [3.05, 3.63) is 0 Å². The van der Waals surface area contributed by atoms with E-state index in [1.54, 1.807) is 7.11 Å². The molecule has 1 unspecified atom stereocenters. The van der Waals surface area contributed by atoms with Gasteiger partial charge in [0.2, 0.25) is 0 Å². The van der Waals surface area contributed by atoms with Crippen LogP contribution in [0, 0.1) is 0 Å². The fraction of sp³-hybridized carbons (Fsp3) is 1.00. The van der Waals surface area contributed by atoms with E-state index < -0.39 is 0 Å². The molecule has 3 nitrogen and oxygen atoms in total. The standard InChI is InChI=1S/C11H25NO2/c1-6-12-10(2)9-14-8-7-11(3,4)13-5/h10,12H,6-9H2,1-5H3. The first-order valence-electron chi connectivity index (χ1n) is 5.38. The molecule has 0 saturated carbocycles. The Morgan fingerprint density at radius 1 is 1.36 bits per heavy atom. The summed E-state index contributed by atoms with van der Waals surface area (Å²) in [5, 5.41) is 3.30. The van der Waals surface area contributed by atoms with Crippen LogP contribution in [-0.4, -0.2) is 38.5 Å². The highest BCUT2D eigenvalue weighted by Crippen LogP contribution is 2.12. The molecule has 1 atom stereocenters. The Hall–Kier alpha value is -0.120. The van der Waals surface area contributed by atoms with Crippen LogP contribution < -0.4 is 5.32 Å². The smallest absolute Gasteiger partial charge is 0.0644 e. The molecule has 0 aromatic carbocycles. The summed E-state index contributed by atoms with van der Waals surface area (Å²) in [6.07, 6.45) is 0.933. The Kier molecular flexibility index (Phi) is 7.15. The maximum Gasteiger partial charge on any atom is 0.0644 e. The van der Waals surface area contributed by atoms with Crippen LogP contribution in [0.5, 0.6) is 0 Å². The number of nitrogens with one attached hydrogen (secondary N) is 1. The third-order valence-electron chi connectivity index (χ3n) is 2.32. The van der Waals surface area contributed by atoms with Crippen molar-refractivity contribution in [2.45, 2.75) is 45.8 Å². The van der Waals surface area contributed by atoms with Gasteiger partial charge in [-0.05, 0) is 33.7 Å². The Balaban J connectivity index is 3.37. The minimum absolute atomic E-state index is 0.0680. The van der Waals surface area contributed by atoms with Crippen LogP contribution in [0.15, 0.2) is 0 Å². The molecule has 0 saturated heterocycles. The largest absolute Gasteiger partial charge is 0.380 e. The van der Waals surface area contributed by atoms with Gasteiger partial charge in [-0.1, -0.05) is 6.92 Å². The van der Waals surface area contributed by atoms with Crippen molar-refractivity contribution in [2.24, 2.45) is 0 Å². The molecule has 1 N–H and O–H groups in total. The maximum absolute atomic E-state index is 5.54. The fourth-order valence-corrected chi connectivity index (χ4v) is 1.09. The van der Waals surface area contributed by atoms with Gasteiger partial charge in [-0.25, -0.2) is 0 Å². The lowest BCUT2D eigenvalue weighted by molar-refractivity contribution is -0.0118. The molecular weight excluding hydrogens is 178 g/mol. The Morgan fingerprint density at radius 3 is 2.50 bits per heavy atom. The molecule has 0 amide bonds. The van der Waals surface area contributed by atoms with Crippen molar-refractivity contribution in [1.29, 1.82) is 0 Å².